The molecule has 0 aromatic carbocycles. The Labute approximate surface area is 111 Å². The second-order valence-corrected chi connectivity index (χ2v) is 5.68. The van der Waals surface area contributed by atoms with E-state index < -0.39 is 5.54 Å². The standard InChI is InChI=1S/C12H18N2O3S/c1-12(10(15)16-2,14-9-3-4-9)5-8-18-11-13-6-7-17-11/h6-7,9,14H,3-5,8H2,1-2H3. The van der Waals surface area contributed by atoms with Crippen LogP contribution in [-0.2, 0) is 9.53 Å². The summed E-state index contributed by atoms with van der Waals surface area (Å²) in [5.74, 6) is 0.550. The molecule has 1 aliphatic rings. The van der Waals surface area contributed by atoms with E-state index in [-0.39, 0.29) is 5.97 Å². The fourth-order valence-corrected chi connectivity index (χ4v) is 2.70. The molecule has 1 aromatic heterocycles. The van der Waals surface area contributed by atoms with Crippen molar-refractivity contribution in [3.05, 3.63) is 12.5 Å². The lowest BCUT2D eigenvalue weighted by Gasteiger charge is -2.27. The van der Waals surface area contributed by atoms with Crippen molar-refractivity contribution in [2.45, 2.75) is 43.0 Å². The minimum atomic E-state index is -0.616. The smallest absolute Gasteiger partial charge is 0.325 e. The van der Waals surface area contributed by atoms with E-state index in [4.69, 9.17) is 9.15 Å². The molecule has 1 N–H and O–H groups in total. The Morgan fingerprint density at radius 2 is 2.50 bits per heavy atom. The summed E-state index contributed by atoms with van der Waals surface area (Å²) < 4.78 is 10.0. The van der Waals surface area contributed by atoms with Gasteiger partial charge < -0.3 is 9.15 Å². The minimum Gasteiger partial charge on any atom is -0.468 e. The first-order chi connectivity index (χ1) is 8.64. The predicted octanol–water partition coefficient (Wildman–Crippen LogP) is 1.84. The van der Waals surface area contributed by atoms with Crippen LogP contribution in [0.25, 0.3) is 0 Å². The Hall–Kier alpha value is -1.01. The van der Waals surface area contributed by atoms with Crippen molar-refractivity contribution >= 4 is 17.7 Å². The highest BCUT2D eigenvalue weighted by molar-refractivity contribution is 7.99. The first-order valence-corrected chi connectivity index (χ1v) is 7.01. The second-order valence-electron chi connectivity index (χ2n) is 4.64. The van der Waals surface area contributed by atoms with Crippen LogP contribution in [0.3, 0.4) is 0 Å². The van der Waals surface area contributed by atoms with Crippen molar-refractivity contribution in [3.63, 3.8) is 0 Å². The lowest BCUT2D eigenvalue weighted by atomic mass is 9.99. The van der Waals surface area contributed by atoms with Gasteiger partial charge in [0.25, 0.3) is 5.22 Å². The van der Waals surface area contributed by atoms with Crippen LogP contribution in [0.4, 0.5) is 0 Å². The fraction of sp³-hybridized carbons (Fsp3) is 0.667. The predicted molar refractivity (Wildman–Crippen MR) is 68.4 cm³/mol. The number of aromatic nitrogens is 1. The van der Waals surface area contributed by atoms with Crippen molar-refractivity contribution in [2.24, 2.45) is 0 Å². The van der Waals surface area contributed by atoms with Gasteiger partial charge in [-0.1, -0.05) is 11.8 Å². The van der Waals surface area contributed by atoms with E-state index in [1.54, 1.807) is 12.5 Å². The zero-order valence-electron chi connectivity index (χ0n) is 10.6. The average Bonchev–Trinajstić information content (AvgIpc) is 3.01. The summed E-state index contributed by atoms with van der Waals surface area (Å²) in [7, 11) is 1.43. The van der Waals surface area contributed by atoms with Gasteiger partial charge in [-0.15, -0.1) is 0 Å². The van der Waals surface area contributed by atoms with Crippen LogP contribution in [0.5, 0.6) is 0 Å². The summed E-state index contributed by atoms with van der Waals surface area (Å²) in [5, 5.41) is 3.99. The molecular weight excluding hydrogens is 252 g/mol. The van der Waals surface area contributed by atoms with E-state index in [0.717, 1.165) is 18.6 Å². The number of hydrogen-bond acceptors (Lipinski definition) is 6. The highest BCUT2D eigenvalue weighted by atomic mass is 32.2. The van der Waals surface area contributed by atoms with E-state index in [0.29, 0.717) is 17.7 Å². The summed E-state index contributed by atoms with van der Waals surface area (Å²) in [6.07, 6.45) is 6.12. The van der Waals surface area contributed by atoms with Gasteiger partial charge >= 0.3 is 5.97 Å². The molecule has 1 aliphatic carbocycles. The third kappa shape index (κ3) is 3.49. The van der Waals surface area contributed by atoms with Crippen LogP contribution in [-0.4, -0.2) is 35.4 Å². The summed E-state index contributed by atoms with van der Waals surface area (Å²) in [4.78, 5) is 15.9. The summed E-state index contributed by atoms with van der Waals surface area (Å²) >= 11 is 1.50. The number of hydrogen-bond donors (Lipinski definition) is 1. The molecule has 0 radical (unpaired) electrons. The van der Waals surface area contributed by atoms with Crippen LogP contribution < -0.4 is 5.32 Å². The summed E-state index contributed by atoms with van der Waals surface area (Å²) in [6, 6.07) is 0.459. The summed E-state index contributed by atoms with van der Waals surface area (Å²) in [5.41, 5.74) is -0.616. The van der Waals surface area contributed by atoms with Gasteiger partial charge in [0.15, 0.2) is 0 Å². The Bertz CT molecular complexity index is 392. The van der Waals surface area contributed by atoms with Crippen LogP contribution in [0.1, 0.15) is 26.2 Å². The molecule has 1 saturated carbocycles. The van der Waals surface area contributed by atoms with Crippen molar-refractivity contribution in [2.75, 3.05) is 12.9 Å². The molecule has 18 heavy (non-hydrogen) atoms. The van der Waals surface area contributed by atoms with Gasteiger partial charge in [0.1, 0.15) is 11.8 Å². The van der Waals surface area contributed by atoms with Gasteiger partial charge in [0.2, 0.25) is 0 Å². The van der Waals surface area contributed by atoms with Gasteiger partial charge in [0.05, 0.1) is 13.3 Å². The number of nitrogens with one attached hydrogen (secondary N) is 1. The maximum atomic E-state index is 11.9. The largest absolute Gasteiger partial charge is 0.468 e. The minimum absolute atomic E-state index is 0.206. The van der Waals surface area contributed by atoms with Crippen LogP contribution >= 0.6 is 11.8 Å². The van der Waals surface area contributed by atoms with E-state index in [2.05, 4.69) is 10.3 Å². The molecule has 0 saturated heterocycles. The third-order valence-electron chi connectivity index (χ3n) is 2.97. The lowest BCUT2D eigenvalue weighted by molar-refractivity contribution is -0.148. The molecule has 100 valence electrons. The van der Waals surface area contributed by atoms with Crippen molar-refractivity contribution in [3.8, 4) is 0 Å². The molecule has 0 aliphatic heterocycles. The Morgan fingerprint density at radius 1 is 1.72 bits per heavy atom. The van der Waals surface area contributed by atoms with Gasteiger partial charge in [-0.05, 0) is 26.2 Å². The maximum absolute atomic E-state index is 11.9. The van der Waals surface area contributed by atoms with Crippen LogP contribution in [0.15, 0.2) is 22.1 Å². The molecule has 1 aromatic rings. The van der Waals surface area contributed by atoms with E-state index in [1.165, 1.54) is 18.9 Å². The molecule has 0 bridgehead atoms. The first kappa shape index (κ1) is 13.4. The number of oxazole rings is 1. The monoisotopic (exact) mass is 270 g/mol. The van der Waals surface area contributed by atoms with Crippen LogP contribution in [0.2, 0.25) is 0 Å². The summed E-state index contributed by atoms with van der Waals surface area (Å²) in [6.45, 7) is 1.90. The SMILES string of the molecule is COC(=O)C(C)(CCSc1ncco1)NC1CC1. The third-order valence-corrected chi connectivity index (χ3v) is 3.83. The number of methoxy groups -OCH3 is 1. The Kier molecular flexibility index (Phi) is 4.29. The zero-order valence-corrected chi connectivity index (χ0v) is 11.5. The number of thioether (sulfide) groups is 1. The van der Waals surface area contributed by atoms with Crippen LogP contribution in [0, 0.1) is 0 Å². The number of esters is 1. The highest BCUT2D eigenvalue weighted by Gasteiger charge is 2.39. The molecule has 1 unspecified atom stereocenters. The van der Waals surface area contributed by atoms with Gasteiger partial charge in [-0.25, -0.2) is 4.98 Å². The normalized spacial score (nSPS) is 18.3. The van der Waals surface area contributed by atoms with E-state index >= 15 is 0 Å². The number of ether oxygens (including phenoxy) is 1. The topological polar surface area (TPSA) is 64.4 Å². The van der Waals surface area contributed by atoms with Gasteiger partial charge in [0, 0.05) is 11.8 Å². The Morgan fingerprint density at radius 3 is 3.06 bits per heavy atom. The Balaban J connectivity index is 1.85. The van der Waals surface area contributed by atoms with E-state index in [1.807, 2.05) is 6.92 Å². The first-order valence-electron chi connectivity index (χ1n) is 6.02. The van der Waals surface area contributed by atoms with Crippen molar-refractivity contribution in [1.29, 1.82) is 0 Å². The second kappa shape index (κ2) is 5.75. The quantitative estimate of drug-likeness (QED) is 0.602. The zero-order chi connectivity index (χ0) is 13.0. The van der Waals surface area contributed by atoms with Gasteiger partial charge in [-0.2, -0.15) is 0 Å². The van der Waals surface area contributed by atoms with E-state index in [9.17, 15) is 4.79 Å². The van der Waals surface area contributed by atoms with Gasteiger partial charge in [-0.3, -0.25) is 10.1 Å². The molecule has 6 heteroatoms. The number of nitrogens with zero attached hydrogens (tertiary/aromatic N) is 1. The molecule has 0 spiro atoms. The maximum Gasteiger partial charge on any atom is 0.325 e. The number of carbonyl (C=O) groups excluding carboxylic acids is 1. The average molecular weight is 270 g/mol. The van der Waals surface area contributed by atoms with Crippen molar-refractivity contribution < 1.29 is 13.9 Å². The van der Waals surface area contributed by atoms with Crippen molar-refractivity contribution in [1.82, 2.24) is 10.3 Å². The molecule has 2 rings (SSSR count). The molecule has 5 nitrogen and oxygen atoms in total. The highest BCUT2D eigenvalue weighted by Crippen LogP contribution is 2.27. The molecule has 1 heterocycles. The molecule has 1 fully saturated rings. The molecule has 0 amide bonds. The number of rotatable bonds is 7. The fourth-order valence-electron chi connectivity index (χ4n) is 1.76. The number of carbonyl (C=O) groups is 1. The molecular formula is C12H18N2O3S. The molecule has 1 atom stereocenters. The lowest BCUT2D eigenvalue weighted by Crippen LogP contribution is -2.51.